The fraction of sp³-hybridized carbons (Fsp3) is 0.857. The van der Waals surface area contributed by atoms with Crippen molar-refractivity contribution in [3.8, 4) is 0 Å². The highest BCUT2D eigenvalue weighted by Gasteiger charge is 2.20. The van der Waals surface area contributed by atoms with Crippen molar-refractivity contribution in [3.05, 3.63) is 6.92 Å². The molecule has 0 saturated carbocycles. The number of nitrogens with one attached hydrogen (secondary N) is 3. The van der Waals surface area contributed by atoms with Crippen LogP contribution >= 0.6 is 0 Å². The first-order chi connectivity index (χ1) is 4.74. The van der Waals surface area contributed by atoms with Crippen molar-refractivity contribution in [2.24, 2.45) is 0 Å². The van der Waals surface area contributed by atoms with Gasteiger partial charge in [0.25, 0.3) is 0 Å². The van der Waals surface area contributed by atoms with E-state index in [1.807, 2.05) is 21.1 Å². The Labute approximate surface area is 63.6 Å². The summed E-state index contributed by atoms with van der Waals surface area (Å²) in [5, 5.41) is 9.46. The second-order valence-corrected chi connectivity index (χ2v) is 2.26. The highest BCUT2D eigenvalue weighted by atomic mass is 15.3. The molecule has 0 aromatic rings. The van der Waals surface area contributed by atoms with Crippen LogP contribution in [0.15, 0.2) is 0 Å². The number of hydrogen-bond donors (Lipinski definition) is 3. The van der Waals surface area contributed by atoms with Gasteiger partial charge in [-0.1, -0.05) is 6.92 Å². The van der Waals surface area contributed by atoms with E-state index in [4.69, 9.17) is 0 Å². The molecule has 0 fully saturated rings. The predicted molar refractivity (Wildman–Crippen MR) is 44.5 cm³/mol. The van der Waals surface area contributed by atoms with Crippen molar-refractivity contribution in [2.75, 3.05) is 21.1 Å². The van der Waals surface area contributed by atoms with Crippen molar-refractivity contribution in [1.29, 1.82) is 0 Å². The molecule has 3 N–H and O–H groups in total. The van der Waals surface area contributed by atoms with Crippen LogP contribution in [0.25, 0.3) is 0 Å². The Kier molecular flexibility index (Phi) is 4.60. The molecule has 0 aromatic heterocycles. The predicted octanol–water partition coefficient (Wildman–Crippen LogP) is -0.0873. The molecule has 61 valence electrons. The Balaban J connectivity index is 3.87. The summed E-state index contributed by atoms with van der Waals surface area (Å²) in [5.41, 5.74) is 0. The van der Waals surface area contributed by atoms with Crippen molar-refractivity contribution >= 4 is 0 Å². The summed E-state index contributed by atoms with van der Waals surface area (Å²) < 4.78 is 0. The third kappa shape index (κ3) is 2.25. The van der Waals surface area contributed by atoms with Crippen LogP contribution in [0.1, 0.15) is 12.8 Å². The van der Waals surface area contributed by atoms with Crippen LogP contribution in [0.3, 0.4) is 0 Å². The second-order valence-electron chi connectivity index (χ2n) is 2.26. The molecule has 0 aliphatic carbocycles. The lowest BCUT2D eigenvalue weighted by molar-refractivity contribution is 0.229. The SMILES string of the molecule is [CH2]CCC(NC)(NC)NC. The molecule has 0 aromatic carbocycles. The molecule has 0 heterocycles. The van der Waals surface area contributed by atoms with E-state index in [1.165, 1.54) is 0 Å². The fourth-order valence-corrected chi connectivity index (χ4v) is 1.02. The van der Waals surface area contributed by atoms with Crippen LogP contribution in [-0.4, -0.2) is 26.9 Å². The molecule has 0 aliphatic heterocycles. The fourth-order valence-electron chi connectivity index (χ4n) is 1.02. The summed E-state index contributed by atoms with van der Waals surface area (Å²) in [6, 6.07) is 0. The Morgan fingerprint density at radius 3 is 1.60 bits per heavy atom. The van der Waals surface area contributed by atoms with Crippen molar-refractivity contribution < 1.29 is 0 Å². The molecule has 0 bridgehead atoms. The molecule has 0 spiro atoms. The van der Waals surface area contributed by atoms with E-state index >= 15 is 0 Å². The van der Waals surface area contributed by atoms with Crippen LogP contribution in [0.2, 0.25) is 0 Å². The quantitative estimate of drug-likeness (QED) is 0.472. The van der Waals surface area contributed by atoms with Crippen LogP contribution in [0, 0.1) is 6.92 Å². The summed E-state index contributed by atoms with van der Waals surface area (Å²) in [7, 11) is 5.76. The summed E-state index contributed by atoms with van der Waals surface area (Å²) in [6.07, 6.45) is 1.87. The van der Waals surface area contributed by atoms with E-state index in [0.717, 1.165) is 12.8 Å². The molecule has 1 radical (unpaired) electrons. The standard InChI is InChI=1S/C7H18N3/c1-5-6-7(8-2,9-3)10-4/h8-10H,1,5-6H2,2-4H3. The molecular formula is C7H18N3. The third-order valence-corrected chi connectivity index (χ3v) is 1.83. The van der Waals surface area contributed by atoms with Crippen LogP contribution in [0.5, 0.6) is 0 Å². The van der Waals surface area contributed by atoms with Crippen molar-refractivity contribution in [1.82, 2.24) is 16.0 Å². The van der Waals surface area contributed by atoms with Gasteiger partial charge in [0.1, 0.15) is 5.79 Å². The van der Waals surface area contributed by atoms with Gasteiger partial charge in [-0.25, -0.2) is 0 Å². The van der Waals surface area contributed by atoms with Crippen LogP contribution in [-0.2, 0) is 0 Å². The molecule has 0 saturated heterocycles. The summed E-state index contributed by atoms with van der Waals surface area (Å²) in [5.74, 6) is -0.137. The minimum atomic E-state index is -0.137. The van der Waals surface area contributed by atoms with Crippen molar-refractivity contribution in [3.63, 3.8) is 0 Å². The molecule has 0 amide bonds. The second kappa shape index (κ2) is 4.66. The Bertz CT molecular complexity index is 70.7. The van der Waals surface area contributed by atoms with Gasteiger partial charge < -0.3 is 0 Å². The molecule has 0 aliphatic rings. The van der Waals surface area contributed by atoms with Gasteiger partial charge >= 0.3 is 0 Å². The van der Waals surface area contributed by atoms with E-state index in [9.17, 15) is 0 Å². The molecular weight excluding hydrogens is 126 g/mol. The zero-order valence-corrected chi connectivity index (χ0v) is 7.12. The Morgan fingerprint density at radius 2 is 1.50 bits per heavy atom. The summed E-state index contributed by atoms with van der Waals surface area (Å²) in [4.78, 5) is 0. The lowest BCUT2D eigenvalue weighted by Gasteiger charge is -2.32. The van der Waals surface area contributed by atoms with Gasteiger partial charge in [0.05, 0.1) is 0 Å². The van der Waals surface area contributed by atoms with Crippen LogP contribution in [0.4, 0.5) is 0 Å². The maximum absolute atomic E-state index is 3.79. The highest BCUT2D eigenvalue weighted by molar-refractivity contribution is 4.77. The topological polar surface area (TPSA) is 36.1 Å². The number of hydrogen-bond acceptors (Lipinski definition) is 3. The van der Waals surface area contributed by atoms with Gasteiger partial charge in [-0.05, 0) is 34.0 Å². The smallest absolute Gasteiger partial charge is 0.122 e. The van der Waals surface area contributed by atoms with E-state index in [-0.39, 0.29) is 5.79 Å². The zero-order chi connectivity index (χ0) is 8.04. The third-order valence-electron chi connectivity index (χ3n) is 1.83. The van der Waals surface area contributed by atoms with Gasteiger partial charge in [0.2, 0.25) is 0 Å². The van der Waals surface area contributed by atoms with E-state index in [0.29, 0.717) is 0 Å². The molecule has 3 heteroatoms. The van der Waals surface area contributed by atoms with Gasteiger partial charge in [-0.3, -0.25) is 16.0 Å². The minimum Gasteiger partial charge on any atom is -0.290 e. The maximum Gasteiger partial charge on any atom is 0.122 e. The summed E-state index contributed by atoms with van der Waals surface area (Å²) >= 11 is 0. The Hall–Kier alpha value is -0.120. The first-order valence-corrected chi connectivity index (χ1v) is 3.60. The molecule has 0 atom stereocenters. The lowest BCUT2D eigenvalue weighted by atomic mass is 10.2. The van der Waals surface area contributed by atoms with E-state index in [2.05, 4.69) is 22.9 Å². The van der Waals surface area contributed by atoms with Crippen molar-refractivity contribution in [2.45, 2.75) is 18.6 Å². The summed E-state index contributed by atoms with van der Waals surface area (Å²) in [6.45, 7) is 3.79. The molecule has 3 nitrogen and oxygen atoms in total. The van der Waals surface area contributed by atoms with Crippen LogP contribution < -0.4 is 16.0 Å². The monoisotopic (exact) mass is 144 g/mol. The maximum atomic E-state index is 3.79. The van der Waals surface area contributed by atoms with E-state index < -0.39 is 0 Å². The average molecular weight is 144 g/mol. The normalized spacial score (nSPS) is 12.0. The molecule has 0 rings (SSSR count). The Morgan fingerprint density at radius 1 is 1.10 bits per heavy atom. The highest BCUT2D eigenvalue weighted by Crippen LogP contribution is 2.01. The van der Waals surface area contributed by atoms with Gasteiger partial charge in [-0.15, -0.1) is 0 Å². The zero-order valence-electron chi connectivity index (χ0n) is 7.12. The minimum absolute atomic E-state index is 0.137. The lowest BCUT2D eigenvalue weighted by Crippen LogP contribution is -2.62. The molecule has 0 unspecified atom stereocenters. The molecule has 10 heavy (non-hydrogen) atoms. The number of rotatable bonds is 5. The average Bonchev–Trinajstić information content (AvgIpc) is 2.01. The van der Waals surface area contributed by atoms with E-state index in [1.54, 1.807) is 0 Å². The van der Waals surface area contributed by atoms with Gasteiger partial charge in [0, 0.05) is 0 Å². The largest absolute Gasteiger partial charge is 0.290 e. The van der Waals surface area contributed by atoms with Gasteiger partial charge in [-0.2, -0.15) is 0 Å². The first-order valence-electron chi connectivity index (χ1n) is 3.60. The first kappa shape index (κ1) is 9.88. The van der Waals surface area contributed by atoms with Gasteiger partial charge in [0.15, 0.2) is 0 Å².